The number of nitrogens with two attached hydrogens (primary N) is 1. The van der Waals surface area contributed by atoms with E-state index in [-0.39, 0.29) is 11.0 Å². The number of carbonyl (C=O) groups excluding carboxylic acids is 1. The topological polar surface area (TPSA) is 83.8 Å². The molecular weight excluding hydrogens is 339 g/mol. The van der Waals surface area contributed by atoms with Crippen LogP contribution in [0.4, 0.5) is 10.2 Å². The second-order valence-electron chi connectivity index (χ2n) is 5.57. The highest BCUT2D eigenvalue weighted by Crippen LogP contribution is 2.32. The molecule has 4 N–H and O–H groups in total. The fourth-order valence-corrected chi connectivity index (χ4v) is 3.14. The van der Waals surface area contributed by atoms with Crippen molar-refractivity contribution in [3.63, 3.8) is 0 Å². The summed E-state index contributed by atoms with van der Waals surface area (Å²) in [4.78, 5) is 20.5. The number of imidazole rings is 1. The average molecular weight is 358 g/mol. The van der Waals surface area contributed by atoms with E-state index in [1.54, 1.807) is 6.07 Å². The first kappa shape index (κ1) is 17.3. The molecule has 0 atom stereocenters. The minimum absolute atomic E-state index is 0.110. The molecule has 2 heterocycles. The number of thiophene rings is 1. The number of unbranched alkanes of at least 4 members (excludes halogenated alkanes) is 1. The molecule has 130 valence electrons. The number of aromatic nitrogens is 2. The Morgan fingerprint density at radius 1 is 1.20 bits per heavy atom. The fourth-order valence-electron chi connectivity index (χ4n) is 2.46. The largest absolute Gasteiger partial charge is 0.335 e. The molecule has 1 aromatic carbocycles. The lowest BCUT2D eigenvalue weighted by atomic mass is 10.1. The number of hydrogen-bond donors (Lipinski definition) is 3. The summed E-state index contributed by atoms with van der Waals surface area (Å²) in [7, 11) is 0. The number of benzene rings is 1. The first-order valence-electron chi connectivity index (χ1n) is 8.08. The molecule has 3 rings (SSSR count). The van der Waals surface area contributed by atoms with Crippen LogP contribution in [0.2, 0.25) is 0 Å². The van der Waals surface area contributed by atoms with Crippen molar-refractivity contribution >= 4 is 23.1 Å². The molecule has 0 aliphatic rings. The quantitative estimate of drug-likeness (QED) is 0.558. The first-order valence-corrected chi connectivity index (χ1v) is 8.90. The van der Waals surface area contributed by atoms with Crippen LogP contribution in [0.1, 0.15) is 19.3 Å². The van der Waals surface area contributed by atoms with E-state index in [2.05, 4.69) is 15.3 Å². The van der Waals surface area contributed by atoms with Crippen molar-refractivity contribution in [3.05, 3.63) is 47.6 Å². The fraction of sp³-hybridized carbons (Fsp3) is 0.222. The Balaban J connectivity index is 1.89. The van der Waals surface area contributed by atoms with Crippen LogP contribution in [-0.4, -0.2) is 22.4 Å². The summed E-state index contributed by atoms with van der Waals surface area (Å²) in [5.74, 6) is 0.874. The number of halogens is 1. The number of H-pyrrole nitrogens is 1. The van der Waals surface area contributed by atoms with Gasteiger partial charge in [-0.15, -0.1) is 11.3 Å². The van der Waals surface area contributed by atoms with Crippen LogP contribution in [0.25, 0.3) is 22.0 Å². The zero-order valence-electron chi connectivity index (χ0n) is 13.6. The van der Waals surface area contributed by atoms with Gasteiger partial charge in [0.25, 0.3) is 0 Å². The van der Waals surface area contributed by atoms with Crippen molar-refractivity contribution < 1.29 is 9.18 Å². The third-order valence-corrected chi connectivity index (χ3v) is 4.57. The SMILES string of the molecule is NCCCCC(=O)Nc1nc(-c2ccc(F)s2)[nH]c1-c1ccccc1. The number of carbonyl (C=O) groups is 1. The number of nitrogens with one attached hydrogen (secondary N) is 2. The average Bonchev–Trinajstić information content (AvgIpc) is 3.22. The van der Waals surface area contributed by atoms with E-state index in [4.69, 9.17) is 5.73 Å². The molecule has 0 bridgehead atoms. The molecule has 0 fully saturated rings. The standard InChI is InChI=1S/C18H19FN4OS/c19-14-10-9-13(25-14)17-22-16(12-6-2-1-3-7-12)18(23-17)21-15(24)8-4-5-11-20/h1-3,6-7,9-10H,4-5,8,11,20H2,(H,21,24)(H,22,23). The molecule has 0 saturated carbocycles. The van der Waals surface area contributed by atoms with E-state index in [1.807, 2.05) is 30.3 Å². The van der Waals surface area contributed by atoms with Crippen molar-refractivity contribution in [2.75, 3.05) is 11.9 Å². The Hall–Kier alpha value is -2.51. The smallest absolute Gasteiger partial charge is 0.225 e. The van der Waals surface area contributed by atoms with Gasteiger partial charge >= 0.3 is 0 Å². The normalized spacial score (nSPS) is 10.8. The zero-order chi connectivity index (χ0) is 17.6. The lowest BCUT2D eigenvalue weighted by molar-refractivity contribution is -0.116. The van der Waals surface area contributed by atoms with Gasteiger partial charge in [0.1, 0.15) is 0 Å². The highest BCUT2D eigenvalue weighted by Gasteiger charge is 2.16. The van der Waals surface area contributed by atoms with E-state index in [0.29, 0.717) is 35.2 Å². The molecule has 0 spiro atoms. The summed E-state index contributed by atoms with van der Waals surface area (Å²) in [6.45, 7) is 0.568. The maximum atomic E-state index is 13.3. The van der Waals surface area contributed by atoms with Crippen molar-refractivity contribution in [2.24, 2.45) is 5.73 Å². The van der Waals surface area contributed by atoms with Crippen LogP contribution in [0.3, 0.4) is 0 Å². The lowest BCUT2D eigenvalue weighted by Crippen LogP contribution is -2.13. The van der Waals surface area contributed by atoms with Gasteiger partial charge in [-0.3, -0.25) is 4.79 Å². The summed E-state index contributed by atoms with van der Waals surface area (Å²) in [5, 5.41) is 2.58. The van der Waals surface area contributed by atoms with Gasteiger partial charge in [-0.05, 0) is 31.5 Å². The Bertz CT molecular complexity index is 844. The molecule has 5 nitrogen and oxygen atoms in total. The second kappa shape index (κ2) is 8.04. The molecule has 0 aliphatic carbocycles. The predicted molar refractivity (Wildman–Crippen MR) is 98.8 cm³/mol. The van der Waals surface area contributed by atoms with Crippen LogP contribution < -0.4 is 11.1 Å². The second-order valence-corrected chi connectivity index (χ2v) is 6.61. The summed E-state index contributed by atoms with van der Waals surface area (Å²) in [6, 6.07) is 12.7. The van der Waals surface area contributed by atoms with Crippen molar-refractivity contribution in [1.29, 1.82) is 0 Å². The van der Waals surface area contributed by atoms with Crippen molar-refractivity contribution in [3.8, 4) is 22.0 Å². The van der Waals surface area contributed by atoms with Gasteiger partial charge in [-0.1, -0.05) is 30.3 Å². The van der Waals surface area contributed by atoms with Gasteiger partial charge in [0, 0.05) is 12.0 Å². The molecule has 3 aromatic rings. The van der Waals surface area contributed by atoms with Gasteiger partial charge in [0.05, 0.1) is 10.6 Å². The maximum absolute atomic E-state index is 13.3. The van der Waals surface area contributed by atoms with Gasteiger partial charge in [0.2, 0.25) is 5.91 Å². The maximum Gasteiger partial charge on any atom is 0.225 e. The number of aromatic amines is 1. The number of nitrogens with zero attached hydrogens (tertiary/aromatic N) is 1. The van der Waals surface area contributed by atoms with Crippen LogP contribution in [0.15, 0.2) is 42.5 Å². The summed E-state index contributed by atoms with van der Waals surface area (Å²) in [6.07, 6.45) is 1.93. The first-order chi connectivity index (χ1) is 12.2. The predicted octanol–water partition coefficient (Wildman–Crippen LogP) is 4.01. The number of rotatable bonds is 7. The van der Waals surface area contributed by atoms with Gasteiger partial charge < -0.3 is 16.0 Å². The molecule has 2 aromatic heterocycles. The molecule has 0 aliphatic heterocycles. The number of hydrogen-bond acceptors (Lipinski definition) is 4. The minimum Gasteiger partial charge on any atom is -0.335 e. The van der Waals surface area contributed by atoms with E-state index in [1.165, 1.54) is 6.07 Å². The van der Waals surface area contributed by atoms with E-state index in [9.17, 15) is 9.18 Å². The highest BCUT2D eigenvalue weighted by atomic mass is 32.1. The van der Waals surface area contributed by atoms with E-state index in [0.717, 1.165) is 29.7 Å². The molecule has 0 unspecified atom stereocenters. The van der Waals surface area contributed by atoms with Crippen molar-refractivity contribution in [1.82, 2.24) is 9.97 Å². The van der Waals surface area contributed by atoms with E-state index < -0.39 is 0 Å². The number of amides is 1. The van der Waals surface area contributed by atoms with Crippen LogP contribution in [0.5, 0.6) is 0 Å². The monoisotopic (exact) mass is 358 g/mol. The van der Waals surface area contributed by atoms with Gasteiger partial charge in [-0.2, -0.15) is 4.39 Å². The Kier molecular flexibility index (Phi) is 5.57. The van der Waals surface area contributed by atoms with Crippen LogP contribution >= 0.6 is 11.3 Å². The third kappa shape index (κ3) is 4.32. The molecule has 25 heavy (non-hydrogen) atoms. The number of anilines is 1. The minimum atomic E-state index is -0.278. The Morgan fingerprint density at radius 2 is 2.00 bits per heavy atom. The van der Waals surface area contributed by atoms with E-state index >= 15 is 0 Å². The van der Waals surface area contributed by atoms with Gasteiger partial charge in [-0.25, -0.2) is 4.98 Å². The Labute approximate surface area is 149 Å². The van der Waals surface area contributed by atoms with Crippen LogP contribution in [0, 0.1) is 5.13 Å². The summed E-state index contributed by atoms with van der Waals surface area (Å²) >= 11 is 1.01. The lowest BCUT2D eigenvalue weighted by Gasteiger charge is -2.05. The highest BCUT2D eigenvalue weighted by molar-refractivity contribution is 7.13. The van der Waals surface area contributed by atoms with Crippen molar-refractivity contribution in [2.45, 2.75) is 19.3 Å². The van der Waals surface area contributed by atoms with Crippen LogP contribution in [-0.2, 0) is 4.79 Å². The zero-order valence-corrected chi connectivity index (χ0v) is 14.4. The molecule has 1 amide bonds. The third-order valence-electron chi connectivity index (χ3n) is 3.69. The molecule has 0 radical (unpaired) electrons. The molecule has 0 saturated heterocycles. The molecule has 7 heteroatoms. The molecular formula is C18H19FN4OS. The summed E-state index contributed by atoms with van der Waals surface area (Å²) in [5.41, 5.74) is 7.06. The van der Waals surface area contributed by atoms with Gasteiger partial charge in [0.15, 0.2) is 16.8 Å². The Morgan fingerprint density at radius 3 is 2.68 bits per heavy atom. The summed E-state index contributed by atoms with van der Waals surface area (Å²) < 4.78 is 13.3.